The van der Waals surface area contributed by atoms with Crippen molar-refractivity contribution in [2.45, 2.75) is 24.8 Å². The molecule has 0 aromatic heterocycles. The van der Waals surface area contributed by atoms with Gasteiger partial charge in [-0.05, 0) is 56.3 Å². The highest BCUT2D eigenvalue weighted by Crippen LogP contribution is 2.38. The second-order valence-corrected chi connectivity index (χ2v) is 8.55. The highest BCUT2D eigenvalue weighted by atomic mass is 32.2. The maximum absolute atomic E-state index is 13.6. The van der Waals surface area contributed by atoms with Gasteiger partial charge in [0.15, 0.2) is 0 Å². The molecule has 0 aliphatic rings. The number of sulfonamides is 1. The van der Waals surface area contributed by atoms with Crippen molar-refractivity contribution in [2.24, 2.45) is 0 Å². The van der Waals surface area contributed by atoms with Crippen LogP contribution in [0.4, 0.5) is 5.69 Å². The zero-order valence-corrected chi connectivity index (χ0v) is 17.8. The number of anilines is 1. The summed E-state index contributed by atoms with van der Waals surface area (Å²) in [5.41, 5.74) is 2.35. The molecule has 3 aromatic rings. The number of hydrogen-bond acceptors (Lipinski definition) is 4. The van der Waals surface area contributed by atoms with Crippen molar-refractivity contribution >= 4 is 15.7 Å². The van der Waals surface area contributed by atoms with Crippen LogP contribution in [0.15, 0.2) is 77.7 Å². The predicted molar refractivity (Wildman–Crippen MR) is 115 cm³/mol. The fourth-order valence-electron chi connectivity index (χ4n) is 3.26. The summed E-state index contributed by atoms with van der Waals surface area (Å²) < 4.78 is 39.6. The zero-order valence-electron chi connectivity index (χ0n) is 17.0. The highest BCUT2D eigenvalue weighted by molar-refractivity contribution is 7.92. The molecule has 29 heavy (non-hydrogen) atoms. The van der Waals surface area contributed by atoms with Gasteiger partial charge in [-0.25, -0.2) is 8.42 Å². The van der Waals surface area contributed by atoms with Gasteiger partial charge < -0.3 is 9.47 Å². The Balaban J connectivity index is 2.20. The summed E-state index contributed by atoms with van der Waals surface area (Å²) in [6.07, 6.45) is 0. The lowest BCUT2D eigenvalue weighted by atomic mass is 10.1. The van der Waals surface area contributed by atoms with E-state index < -0.39 is 16.1 Å². The Morgan fingerprint density at radius 1 is 0.862 bits per heavy atom. The van der Waals surface area contributed by atoms with E-state index in [0.29, 0.717) is 22.7 Å². The van der Waals surface area contributed by atoms with Crippen molar-refractivity contribution in [1.29, 1.82) is 0 Å². The summed E-state index contributed by atoms with van der Waals surface area (Å²) in [6, 6.07) is 20.7. The minimum atomic E-state index is -3.82. The Morgan fingerprint density at radius 3 is 2.10 bits per heavy atom. The first kappa shape index (κ1) is 20.7. The first-order valence-electron chi connectivity index (χ1n) is 9.26. The number of nitrogens with zero attached hydrogens (tertiary/aromatic N) is 1. The Kier molecular flexibility index (Phi) is 6.13. The third kappa shape index (κ3) is 4.22. The number of aryl methyl sites for hydroxylation is 1. The topological polar surface area (TPSA) is 55.8 Å². The minimum absolute atomic E-state index is 0.231. The molecule has 1 unspecified atom stereocenters. The Morgan fingerprint density at radius 2 is 1.52 bits per heavy atom. The van der Waals surface area contributed by atoms with Crippen molar-refractivity contribution in [3.8, 4) is 11.5 Å². The van der Waals surface area contributed by atoms with Crippen LogP contribution < -0.4 is 13.8 Å². The van der Waals surface area contributed by atoms with E-state index in [-0.39, 0.29) is 4.90 Å². The Labute approximate surface area is 172 Å². The van der Waals surface area contributed by atoms with Gasteiger partial charge in [0.25, 0.3) is 10.0 Å². The first-order chi connectivity index (χ1) is 13.9. The molecule has 0 heterocycles. The molecule has 0 saturated heterocycles. The monoisotopic (exact) mass is 411 g/mol. The third-order valence-corrected chi connectivity index (χ3v) is 6.74. The van der Waals surface area contributed by atoms with Crippen LogP contribution in [-0.2, 0) is 10.0 Å². The standard InChI is InChI=1S/C23H25NO4S/c1-17-10-12-19(13-11-17)24(29(25,26)21-8-6-5-7-9-21)18(2)22-16-20(27-3)14-15-23(22)28-4/h5-16,18H,1-4H3. The van der Waals surface area contributed by atoms with Crippen molar-refractivity contribution in [3.63, 3.8) is 0 Å². The van der Waals surface area contributed by atoms with E-state index >= 15 is 0 Å². The lowest BCUT2D eigenvalue weighted by molar-refractivity contribution is 0.396. The van der Waals surface area contributed by atoms with Crippen molar-refractivity contribution in [1.82, 2.24) is 0 Å². The van der Waals surface area contributed by atoms with Crippen LogP contribution in [0.2, 0.25) is 0 Å². The van der Waals surface area contributed by atoms with E-state index in [4.69, 9.17) is 9.47 Å². The van der Waals surface area contributed by atoms with E-state index in [1.165, 1.54) is 4.31 Å². The first-order valence-corrected chi connectivity index (χ1v) is 10.7. The number of ether oxygens (including phenoxy) is 2. The summed E-state index contributed by atoms with van der Waals surface area (Å²) in [6.45, 7) is 3.81. The number of rotatable bonds is 7. The summed E-state index contributed by atoms with van der Waals surface area (Å²) in [5, 5.41) is 0. The molecule has 0 aliphatic carbocycles. The zero-order chi connectivity index (χ0) is 21.0. The van der Waals surface area contributed by atoms with Gasteiger partial charge in [-0.1, -0.05) is 35.9 Å². The molecule has 0 bridgehead atoms. The second-order valence-electron chi connectivity index (χ2n) is 6.73. The van der Waals surface area contributed by atoms with E-state index in [1.54, 1.807) is 56.7 Å². The van der Waals surface area contributed by atoms with E-state index in [0.717, 1.165) is 5.56 Å². The number of benzene rings is 3. The fourth-order valence-corrected chi connectivity index (χ4v) is 4.92. The van der Waals surface area contributed by atoms with Gasteiger partial charge in [-0.15, -0.1) is 0 Å². The molecule has 6 heteroatoms. The molecule has 0 radical (unpaired) electrons. The SMILES string of the molecule is COc1ccc(OC)c(C(C)N(c2ccc(C)cc2)S(=O)(=O)c2ccccc2)c1. The molecule has 0 fully saturated rings. The summed E-state index contributed by atoms with van der Waals surface area (Å²) in [7, 11) is -0.674. The summed E-state index contributed by atoms with van der Waals surface area (Å²) in [5.74, 6) is 1.23. The second kappa shape index (κ2) is 8.57. The van der Waals surface area contributed by atoms with E-state index in [1.807, 2.05) is 44.2 Å². The molecule has 0 spiro atoms. The minimum Gasteiger partial charge on any atom is -0.497 e. The number of methoxy groups -OCH3 is 2. The van der Waals surface area contributed by atoms with Gasteiger partial charge in [-0.2, -0.15) is 0 Å². The van der Waals surface area contributed by atoms with Crippen LogP contribution in [0.25, 0.3) is 0 Å². The van der Waals surface area contributed by atoms with Crippen molar-refractivity contribution in [2.75, 3.05) is 18.5 Å². The highest BCUT2D eigenvalue weighted by Gasteiger charge is 2.32. The molecular formula is C23H25NO4S. The van der Waals surface area contributed by atoms with Gasteiger partial charge >= 0.3 is 0 Å². The normalized spacial score (nSPS) is 12.3. The molecule has 152 valence electrons. The molecule has 1 atom stereocenters. The van der Waals surface area contributed by atoms with E-state index in [2.05, 4.69) is 0 Å². The molecular weight excluding hydrogens is 386 g/mol. The quantitative estimate of drug-likeness (QED) is 0.551. The van der Waals surface area contributed by atoms with Crippen LogP contribution >= 0.6 is 0 Å². The van der Waals surface area contributed by atoms with Crippen LogP contribution in [-0.4, -0.2) is 22.6 Å². The molecule has 5 nitrogen and oxygen atoms in total. The van der Waals surface area contributed by atoms with Gasteiger partial charge in [0.2, 0.25) is 0 Å². The summed E-state index contributed by atoms with van der Waals surface area (Å²) >= 11 is 0. The Hall–Kier alpha value is -2.99. The average molecular weight is 412 g/mol. The van der Waals surface area contributed by atoms with Crippen LogP contribution in [0.1, 0.15) is 24.1 Å². The average Bonchev–Trinajstić information content (AvgIpc) is 2.75. The Bertz CT molecular complexity index is 1060. The fraction of sp³-hybridized carbons (Fsp3) is 0.217. The van der Waals surface area contributed by atoms with Crippen molar-refractivity contribution < 1.29 is 17.9 Å². The lowest BCUT2D eigenvalue weighted by Gasteiger charge is -2.32. The molecule has 3 aromatic carbocycles. The van der Waals surface area contributed by atoms with Gasteiger partial charge in [0.05, 0.1) is 30.8 Å². The van der Waals surface area contributed by atoms with Gasteiger partial charge in [0, 0.05) is 5.56 Å². The largest absolute Gasteiger partial charge is 0.497 e. The summed E-state index contributed by atoms with van der Waals surface area (Å²) in [4.78, 5) is 0.231. The van der Waals surface area contributed by atoms with Gasteiger partial charge in [0.1, 0.15) is 11.5 Å². The van der Waals surface area contributed by atoms with E-state index in [9.17, 15) is 8.42 Å². The predicted octanol–water partition coefficient (Wildman–Crippen LogP) is 4.97. The van der Waals surface area contributed by atoms with Crippen LogP contribution in [0.3, 0.4) is 0 Å². The smallest absolute Gasteiger partial charge is 0.264 e. The van der Waals surface area contributed by atoms with Crippen LogP contribution in [0.5, 0.6) is 11.5 Å². The van der Waals surface area contributed by atoms with Crippen LogP contribution in [0, 0.1) is 6.92 Å². The third-order valence-electron chi connectivity index (χ3n) is 4.83. The molecule has 0 saturated carbocycles. The molecule has 0 N–H and O–H groups in total. The maximum Gasteiger partial charge on any atom is 0.264 e. The molecule has 3 rings (SSSR count). The maximum atomic E-state index is 13.6. The molecule has 0 aliphatic heterocycles. The van der Waals surface area contributed by atoms with Crippen molar-refractivity contribution in [3.05, 3.63) is 83.9 Å². The number of hydrogen-bond donors (Lipinski definition) is 0. The lowest BCUT2D eigenvalue weighted by Crippen LogP contribution is -2.34. The molecule has 0 amide bonds. The van der Waals surface area contributed by atoms with Gasteiger partial charge in [-0.3, -0.25) is 4.31 Å².